The Kier molecular flexibility index (Phi) is 8.99. The Balaban J connectivity index is 1.83. The zero-order chi connectivity index (χ0) is 22.9. The van der Waals surface area contributed by atoms with Gasteiger partial charge in [-0.1, -0.05) is 12.1 Å². The average Bonchev–Trinajstić information content (AvgIpc) is 2.74. The lowest BCUT2D eigenvalue weighted by Gasteiger charge is -2.24. The van der Waals surface area contributed by atoms with Crippen LogP contribution in [-0.2, 0) is 14.8 Å². The summed E-state index contributed by atoms with van der Waals surface area (Å²) < 4.78 is 41.8. The molecule has 0 aliphatic carbocycles. The lowest BCUT2D eigenvalue weighted by atomic mass is 10.2. The predicted molar refractivity (Wildman–Crippen MR) is 121 cm³/mol. The Labute approximate surface area is 184 Å². The SMILES string of the molecule is COc1ccc(OC[C@H](C)NC(=O)CCCN(c2ccccc2OC)S(C)(=O)=O)cc1. The molecule has 0 radical (unpaired) electrons. The van der Waals surface area contributed by atoms with Gasteiger partial charge in [-0.3, -0.25) is 9.10 Å². The van der Waals surface area contributed by atoms with Crippen LogP contribution in [0.2, 0.25) is 0 Å². The van der Waals surface area contributed by atoms with Gasteiger partial charge in [0.2, 0.25) is 15.9 Å². The van der Waals surface area contributed by atoms with Gasteiger partial charge in [0.15, 0.2) is 0 Å². The van der Waals surface area contributed by atoms with Crippen molar-refractivity contribution in [3.05, 3.63) is 48.5 Å². The van der Waals surface area contributed by atoms with Crippen molar-refractivity contribution in [2.75, 3.05) is 37.9 Å². The van der Waals surface area contributed by atoms with Gasteiger partial charge in [0, 0.05) is 13.0 Å². The minimum absolute atomic E-state index is 0.167. The zero-order valence-corrected chi connectivity index (χ0v) is 19.1. The van der Waals surface area contributed by atoms with Crippen molar-refractivity contribution in [1.82, 2.24) is 5.32 Å². The largest absolute Gasteiger partial charge is 0.497 e. The lowest BCUT2D eigenvalue weighted by Crippen LogP contribution is -2.37. The molecule has 0 spiro atoms. The molecule has 2 aromatic carbocycles. The van der Waals surface area contributed by atoms with Gasteiger partial charge >= 0.3 is 0 Å². The summed E-state index contributed by atoms with van der Waals surface area (Å²) >= 11 is 0. The van der Waals surface area contributed by atoms with Crippen LogP contribution < -0.4 is 23.8 Å². The van der Waals surface area contributed by atoms with E-state index < -0.39 is 10.0 Å². The molecule has 9 heteroatoms. The number of benzene rings is 2. The number of ether oxygens (including phenoxy) is 3. The van der Waals surface area contributed by atoms with Crippen LogP contribution in [0.3, 0.4) is 0 Å². The van der Waals surface area contributed by atoms with E-state index in [9.17, 15) is 13.2 Å². The van der Waals surface area contributed by atoms with E-state index in [-0.39, 0.29) is 24.9 Å². The van der Waals surface area contributed by atoms with Crippen LogP contribution >= 0.6 is 0 Å². The third-order valence-electron chi connectivity index (χ3n) is 4.49. The Hall–Kier alpha value is -2.94. The molecule has 0 aliphatic rings. The minimum Gasteiger partial charge on any atom is -0.497 e. The summed E-state index contributed by atoms with van der Waals surface area (Å²) in [6.07, 6.45) is 1.69. The molecule has 0 bridgehead atoms. The summed E-state index contributed by atoms with van der Waals surface area (Å²) in [4.78, 5) is 12.3. The molecule has 1 atom stereocenters. The number of para-hydroxylation sites is 2. The normalized spacial score (nSPS) is 12.0. The van der Waals surface area contributed by atoms with Crippen molar-refractivity contribution in [3.63, 3.8) is 0 Å². The Morgan fingerprint density at radius 1 is 1.03 bits per heavy atom. The lowest BCUT2D eigenvalue weighted by molar-refractivity contribution is -0.121. The second kappa shape index (κ2) is 11.5. The molecule has 0 aromatic heterocycles. The highest BCUT2D eigenvalue weighted by Gasteiger charge is 2.21. The van der Waals surface area contributed by atoms with Crippen molar-refractivity contribution in [3.8, 4) is 17.2 Å². The van der Waals surface area contributed by atoms with Gasteiger partial charge in [-0.05, 0) is 49.7 Å². The number of rotatable bonds is 12. The van der Waals surface area contributed by atoms with Crippen LogP contribution in [0.25, 0.3) is 0 Å². The molecule has 1 N–H and O–H groups in total. The highest BCUT2D eigenvalue weighted by Crippen LogP contribution is 2.29. The Bertz CT molecular complexity index is 947. The fourth-order valence-electron chi connectivity index (χ4n) is 2.97. The highest BCUT2D eigenvalue weighted by molar-refractivity contribution is 7.92. The number of nitrogens with zero attached hydrogens (tertiary/aromatic N) is 1. The van der Waals surface area contributed by atoms with E-state index in [1.165, 1.54) is 11.4 Å². The van der Waals surface area contributed by atoms with Gasteiger partial charge in [0.1, 0.15) is 23.9 Å². The number of carbonyl (C=O) groups excluding carboxylic acids is 1. The van der Waals surface area contributed by atoms with Gasteiger partial charge in [-0.25, -0.2) is 8.42 Å². The molecule has 170 valence electrons. The standard InChI is InChI=1S/C22H30N2O6S/c1-17(16-30-19-13-11-18(28-2)12-14-19)23-22(25)10-7-15-24(31(4,26)27)20-8-5-6-9-21(20)29-3/h5-6,8-9,11-14,17H,7,10,15-16H2,1-4H3,(H,23,25)/t17-/m0/s1. The van der Waals surface area contributed by atoms with Crippen LogP contribution in [0.4, 0.5) is 5.69 Å². The maximum Gasteiger partial charge on any atom is 0.232 e. The summed E-state index contributed by atoms with van der Waals surface area (Å²) in [5.74, 6) is 1.72. The first-order chi connectivity index (χ1) is 14.7. The fourth-order valence-corrected chi connectivity index (χ4v) is 3.93. The molecular weight excluding hydrogens is 420 g/mol. The first-order valence-corrected chi connectivity index (χ1v) is 11.8. The van der Waals surface area contributed by atoms with Gasteiger partial charge < -0.3 is 19.5 Å². The topological polar surface area (TPSA) is 94.2 Å². The molecule has 31 heavy (non-hydrogen) atoms. The third-order valence-corrected chi connectivity index (χ3v) is 5.67. The van der Waals surface area contributed by atoms with Crippen LogP contribution in [-0.4, -0.2) is 54.0 Å². The summed E-state index contributed by atoms with van der Waals surface area (Å²) in [5.41, 5.74) is 0.453. The van der Waals surface area contributed by atoms with E-state index in [4.69, 9.17) is 14.2 Å². The third kappa shape index (κ3) is 7.67. The van der Waals surface area contributed by atoms with E-state index in [1.807, 2.05) is 6.92 Å². The molecule has 0 saturated carbocycles. The maximum absolute atomic E-state index is 12.3. The predicted octanol–water partition coefficient (Wildman–Crippen LogP) is 2.83. The van der Waals surface area contributed by atoms with Crippen LogP contribution in [0.15, 0.2) is 48.5 Å². The summed E-state index contributed by atoms with van der Waals surface area (Å²) in [7, 11) is -0.439. The van der Waals surface area contributed by atoms with Crippen molar-refractivity contribution in [1.29, 1.82) is 0 Å². The number of sulfonamides is 1. The molecule has 2 aromatic rings. The minimum atomic E-state index is -3.52. The number of amides is 1. The van der Waals surface area contributed by atoms with Crippen molar-refractivity contribution in [2.45, 2.75) is 25.8 Å². The van der Waals surface area contributed by atoms with Crippen molar-refractivity contribution < 1.29 is 27.4 Å². The highest BCUT2D eigenvalue weighted by atomic mass is 32.2. The Morgan fingerprint density at radius 3 is 2.29 bits per heavy atom. The van der Waals surface area contributed by atoms with Gasteiger partial charge in [-0.2, -0.15) is 0 Å². The van der Waals surface area contributed by atoms with E-state index >= 15 is 0 Å². The number of methoxy groups -OCH3 is 2. The molecular formula is C22H30N2O6S. The molecule has 0 aliphatic heterocycles. The van der Waals surface area contributed by atoms with Crippen LogP contribution in [0.5, 0.6) is 17.2 Å². The van der Waals surface area contributed by atoms with Crippen molar-refractivity contribution >= 4 is 21.6 Å². The van der Waals surface area contributed by atoms with Gasteiger partial charge in [-0.15, -0.1) is 0 Å². The second-order valence-electron chi connectivity index (χ2n) is 7.07. The number of hydrogen-bond acceptors (Lipinski definition) is 6. The van der Waals surface area contributed by atoms with Crippen LogP contribution in [0.1, 0.15) is 19.8 Å². The molecule has 0 fully saturated rings. The molecule has 1 amide bonds. The zero-order valence-electron chi connectivity index (χ0n) is 18.3. The molecule has 0 unspecified atom stereocenters. The van der Waals surface area contributed by atoms with Gasteiger partial charge in [0.05, 0.1) is 32.2 Å². The molecule has 0 heterocycles. The smallest absolute Gasteiger partial charge is 0.232 e. The van der Waals surface area contributed by atoms with E-state index in [0.717, 1.165) is 12.0 Å². The first kappa shape index (κ1) is 24.3. The summed E-state index contributed by atoms with van der Waals surface area (Å²) in [6, 6.07) is 13.9. The number of hydrogen-bond donors (Lipinski definition) is 1. The first-order valence-electron chi connectivity index (χ1n) is 9.91. The Morgan fingerprint density at radius 2 is 1.68 bits per heavy atom. The monoisotopic (exact) mass is 450 g/mol. The number of anilines is 1. The quantitative estimate of drug-likeness (QED) is 0.534. The van der Waals surface area contributed by atoms with E-state index in [1.54, 1.807) is 55.6 Å². The molecule has 8 nitrogen and oxygen atoms in total. The summed E-state index contributed by atoms with van der Waals surface area (Å²) in [6.45, 7) is 2.33. The molecule has 2 rings (SSSR count). The van der Waals surface area contributed by atoms with Crippen molar-refractivity contribution in [2.24, 2.45) is 0 Å². The summed E-state index contributed by atoms with van der Waals surface area (Å²) in [5, 5.41) is 2.87. The average molecular weight is 451 g/mol. The number of nitrogens with one attached hydrogen (secondary N) is 1. The number of carbonyl (C=O) groups is 1. The van der Waals surface area contributed by atoms with E-state index in [2.05, 4.69) is 5.32 Å². The van der Waals surface area contributed by atoms with E-state index in [0.29, 0.717) is 30.2 Å². The molecule has 0 saturated heterocycles. The second-order valence-corrected chi connectivity index (χ2v) is 8.97. The van der Waals surface area contributed by atoms with Crippen LogP contribution in [0, 0.1) is 0 Å². The van der Waals surface area contributed by atoms with Gasteiger partial charge in [0.25, 0.3) is 0 Å². The maximum atomic E-state index is 12.3. The fraction of sp³-hybridized carbons (Fsp3) is 0.409.